The van der Waals surface area contributed by atoms with Gasteiger partial charge in [0.05, 0.1) is 0 Å². The van der Waals surface area contributed by atoms with Gasteiger partial charge in [-0.25, -0.2) is 0 Å². The first kappa shape index (κ1) is 16.4. The number of hydrogen-bond acceptors (Lipinski definition) is 2. The van der Waals surface area contributed by atoms with Gasteiger partial charge in [-0.05, 0) is 38.6 Å². The molecule has 0 fully saturated rings. The van der Waals surface area contributed by atoms with Crippen LogP contribution < -0.4 is 5.32 Å². The molecule has 1 atom stereocenters. The largest absolute Gasteiger partial charge is 0.351 e. The Kier molecular flexibility index (Phi) is 7.02. The van der Waals surface area contributed by atoms with E-state index in [2.05, 4.69) is 31.0 Å². The molecule has 0 spiro atoms. The fourth-order valence-corrected chi connectivity index (χ4v) is 2.22. The monoisotopic (exact) mass is 274 g/mol. The van der Waals surface area contributed by atoms with Crippen LogP contribution in [-0.4, -0.2) is 36.5 Å². The van der Waals surface area contributed by atoms with Crippen LogP contribution in [0.1, 0.15) is 33.3 Å². The molecule has 1 amide bonds. The molecule has 3 nitrogen and oxygen atoms in total. The summed E-state index contributed by atoms with van der Waals surface area (Å²) >= 11 is 0. The van der Waals surface area contributed by atoms with Crippen molar-refractivity contribution >= 4 is 12.0 Å². The molecular weight excluding hydrogens is 248 g/mol. The maximum absolute atomic E-state index is 12.1. The van der Waals surface area contributed by atoms with Gasteiger partial charge in [-0.15, -0.1) is 0 Å². The number of nitrogens with one attached hydrogen (secondary N) is 1. The van der Waals surface area contributed by atoms with Gasteiger partial charge in [0.1, 0.15) is 0 Å². The van der Waals surface area contributed by atoms with E-state index in [9.17, 15) is 4.79 Å². The molecule has 0 saturated heterocycles. The maximum atomic E-state index is 12.1. The molecule has 0 aliphatic carbocycles. The first-order valence-corrected chi connectivity index (χ1v) is 7.34. The third kappa shape index (κ3) is 5.17. The Morgan fingerprint density at radius 3 is 2.40 bits per heavy atom. The smallest absolute Gasteiger partial charge is 0.246 e. The van der Waals surface area contributed by atoms with E-state index in [0.717, 1.165) is 24.2 Å². The highest BCUT2D eigenvalue weighted by Gasteiger charge is 2.11. The number of benzene rings is 1. The predicted octanol–water partition coefficient (Wildman–Crippen LogP) is 2.94. The highest BCUT2D eigenvalue weighted by molar-refractivity contribution is 5.97. The quantitative estimate of drug-likeness (QED) is 0.775. The van der Waals surface area contributed by atoms with E-state index in [-0.39, 0.29) is 5.91 Å². The molecule has 1 aromatic carbocycles. The average Bonchev–Trinajstić information content (AvgIpc) is 2.47. The number of likely N-dealkylation sites (N-methyl/N-ethyl adjacent to an activating group) is 1. The highest BCUT2D eigenvalue weighted by atomic mass is 16.1. The summed E-state index contributed by atoms with van der Waals surface area (Å²) in [7, 11) is 0. The van der Waals surface area contributed by atoms with Crippen LogP contribution in [0.3, 0.4) is 0 Å². The van der Waals surface area contributed by atoms with Crippen molar-refractivity contribution < 1.29 is 4.79 Å². The van der Waals surface area contributed by atoms with Crippen LogP contribution in [0.4, 0.5) is 0 Å². The van der Waals surface area contributed by atoms with Crippen LogP contribution in [-0.2, 0) is 4.79 Å². The molecule has 0 heterocycles. The zero-order valence-electron chi connectivity index (χ0n) is 13.0. The van der Waals surface area contributed by atoms with Gasteiger partial charge in [-0.2, -0.15) is 0 Å². The van der Waals surface area contributed by atoms with Crippen molar-refractivity contribution in [1.29, 1.82) is 0 Å². The highest BCUT2D eigenvalue weighted by Crippen LogP contribution is 2.06. The lowest BCUT2D eigenvalue weighted by Gasteiger charge is -2.26. The van der Waals surface area contributed by atoms with Crippen LogP contribution in [0.15, 0.2) is 35.9 Å². The standard InChI is InChI=1S/C17H26N2O/c1-5-19(6-2)15(4)13-18-17(20)14(3)12-16-10-8-7-9-11-16/h7-12,15H,5-6,13H2,1-4H3,(H,18,20)/b14-12+. The maximum Gasteiger partial charge on any atom is 0.246 e. The number of carbonyl (C=O) groups excluding carboxylic acids is 1. The van der Waals surface area contributed by atoms with Crippen LogP contribution >= 0.6 is 0 Å². The third-order valence-electron chi connectivity index (χ3n) is 3.53. The molecule has 0 saturated carbocycles. The van der Waals surface area contributed by atoms with Gasteiger partial charge in [0, 0.05) is 18.2 Å². The molecule has 0 aliphatic heterocycles. The second-order valence-electron chi connectivity index (χ2n) is 5.02. The SMILES string of the molecule is CCN(CC)C(C)CNC(=O)/C(C)=C/c1ccccc1. The lowest BCUT2D eigenvalue weighted by molar-refractivity contribution is -0.117. The molecule has 0 aromatic heterocycles. The zero-order chi connectivity index (χ0) is 15.0. The summed E-state index contributed by atoms with van der Waals surface area (Å²) in [6.07, 6.45) is 1.91. The molecule has 0 bridgehead atoms. The second-order valence-corrected chi connectivity index (χ2v) is 5.02. The summed E-state index contributed by atoms with van der Waals surface area (Å²) in [6, 6.07) is 10.3. The summed E-state index contributed by atoms with van der Waals surface area (Å²) in [4.78, 5) is 14.4. The molecule has 110 valence electrons. The van der Waals surface area contributed by atoms with Gasteiger partial charge in [0.2, 0.25) is 5.91 Å². The van der Waals surface area contributed by atoms with Crippen molar-refractivity contribution in [3.8, 4) is 0 Å². The Balaban J connectivity index is 2.52. The lowest BCUT2D eigenvalue weighted by atomic mass is 10.1. The fourth-order valence-electron chi connectivity index (χ4n) is 2.22. The first-order valence-electron chi connectivity index (χ1n) is 7.34. The van der Waals surface area contributed by atoms with Gasteiger partial charge in [0.15, 0.2) is 0 Å². The van der Waals surface area contributed by atoms with E-state index in [1.807, 2.05) is 43.3 Å². The Bertz CT molecular complexity index is 436. The van der Waals surface area contributed by atoms with Crippen LogP contribution in [0.25, 0.3) is 6.08 Å². The van der Waals surface area contributed by atoms with Crippen molar-refractivity contribution in [1.82, 2.24) is 10.2 Å². The van der Waals surface area contributed by atoms with Crippen molar-refractivity contribution in [2.24, 2.45) is 0 Å². The molecule has 0 aliphatic rings. The lowest BCUT2D eigenvalue weighted by Crippen LogP contribution is -2.42. The molecule has 1 unspecified atom stereocenters. The number of hydrogen-bond donors (Lipinski definition) is 1. The van der Waals surface area contributed by atoms with Gasteiger partial charge >= 0.3 is 0 Å². The van der Waals surface area contributed by atoms with E-state index in [1.54, 1.807) is 0 Å². The van der Waals surface area contributed by atoms with Crippen LogP contribution in [0.5, 0.6) is 0 Å². The number of carbonyl (C=O) groups is 1. The number of rotatable bonds is 7. The van der Waals surface area contributed by atoms with Crippen molar-refractivity contribution in [2.75, 3.05) is 19.6 Å². The summed E-state index contributed by atoms with van der Waals surface area (Å²) < 4.78 is 0. The summed E-state index contributed by atoms with van der Waals surface area (Å²) in [6.45, 7) is 11.0. The van der Waals surface area contributed by atoms with Gasteiger partial charge < -0.3 is 5.32 Å². The predicted molar refractivity (Wildman–Crippen MR) is 85.5 cm³/mol. The minimum Gasteiger partial charge on any atom is -0.351 e. The second kappa shape index (κ2) is 8.54. The van der Waals surface area contributed by atoms with Crippen LogP contribution in [0, 0.1) is 0 Å². The summed E-state index contributed by atoms with van der Waals surface area (Å²) in [5.41, 5.74) is 1.79. The number of nitrogens with zero attached hydrogens (tertiary/aromatic N) is 1. The van der Waals surface area contributed by atoms with Crippen LogP contribution in [0.2, 0.25) is 0 Å². The average molecular weight is 274 g/mol. The topological polar surface area (TPSA) is 32.3 Å². The summed E-state index contributed by atoms with van der Waals surface area (Å²) in [5, 5.41) is 3.00. The van der Waals surface area contributed by atoms with Crippen molar-refractivity contribution in [3.63, 3.8) is 0 Å². The Morgan fingerprint density at radius 2 is 1.85 bits per heavy atom. The molecule has 1 rings (SSSR count). The Hall–Kier alpha value is -1.61. The zero-order valence-corrected chi connectivity index (χ0v) is 13.0. The molecule has 3 heteroatoms. The Labute approximate surface area is 122 Å². The van der Waals surface area contributed by atoms with E-state index in [0.29, 0.717) is 12.6 Å². The van der Waals surface area contributed by atoms with Crippen molar-refractivity contribution in [2.45, 2.75) is 33.7 Å². The van der Waals surface area contributed by atoms with Gasteiger partial charge in [-0.1, -0.05) is 44.2 Å². The molecule has 1 N–H and O–H groups in total. The number of amides is 1. The molecule has 20 heavy (non-hydrogen) atoms. The Morgan fingerprint density at radius 1 is 1.25 bits per heavy atom. The minimum atomic E-state index is 0.00728. The van der Waals surface area contributed by atoms with E-state index >= 15 is 0 Å². The van der Waals surface area contributed by atoms with E-state index in [4.69, 9.17) is 0 Å². The summed E-state index contributed by atoms with van der Waals surface area (Å²) in [5.74, 6) is 0.00728. The molecule has 0 radical (unpaired) electrons. The van der Waals surface area contributed by atoms with E-state index < -0.39 is 0 Å². The first-order chi connectivity index (χ1) is 9.58. The van der Waals surface area contributed by atoms with Gasteiger partial charge in [-0.3, -0.25) is 9.69 Å². The fraction of sp³-hybridized carbons (Fsp3) is 0.471. The normalized spacial score (nSPS) is 13.3. The van der Waals surface area contributed by atoms with Crippen molar-refractivity contribution in [3.05, 3.63) is 41.5 Å². The van der Waals surface area contributed by atoms with E-state index in [1.165, 1.54) is 0 Å². The molecular formula is C17H26N2O. The third-order valence-corrected chi connectivity index (χ3v) is 3.53. The molecule has 1 aromatic rings. The van der Waals surface area contributed by atoms with Gasteiger partial charge in [0.25, 0.3) is 0 Å². The minimum absolute atomic E-state index is 0.00728.